The van der Waals surface area contributed by atoms with Crippen molar-refractivity contribution in [3.8, 4) is 0 Å². The maximum atomic E-state index is 11.9. The van der Waals surface area contributed by atoms with Crippen molar-refractivity contribution in [3.05, 3.63) is 0 Å². The van der Waals surface area contributed by atoms with Crippen molar-refractivity contribution in [3.63, 3.8) is 0 Å². The smallest absolute Gasteiger partial charge is 0.308 e. The third-order valence-corrected chi connectivity index (χ3v) is 3.41. The molecule has 5 nitrogen and oxygen atoms in total. The molecule has 0 aromatic carbocycles. The van der Waals surface area contributed by atoms with Crippen LogP contribution in [-0.4, -0.2) is 29.6 Å². The van der Waals surface area contributed by atoms with E-state index in [1.807, 2.05) is 0 Å². The van der Waals surface area contributed by atoms with Crippen LogP contribution in [0.3, 0.4) is 0 Å². The van der Waals surface area contributed by atoms with Crippen LogP contribution in [0.15, 0.2) is 0 Å². The summed E-state index contributed by atoms with van der Waals surface area (Å²) in [4.78, 5) is 22.5. The van der Waals surface area contributed by atoms with E-state index in [0.29, 0.717) is 0 Å². The molecule has 5 heteroatoms. The van der Waals surface area contributed by atoms with Crippen molar-refractivity contribution in [2.75, 3.05) is 6.54 Å². The van der Waals surface area contributed by atoms with E-state index in [0.717, 1.165) is 32.1 Å². The van der Waals surface area contributed by atoms with Crippen molar-refractivity contribution in [1.29, 1.82) is 0 Å². The number of aliphatic carboxylic acids is 1. The highest BCUT2D eigenvalue weighted by Crippen LogP contribution is 2.22. The highest BCUT2D eigenvalue weighted by molar-refractivity contribution is 5.80. The zero-order valence-electron chi connectivity index (χ0n) is 10.3. The van der Waals surface area contributed by atoms with Gasteiger partial charge in [0.25, 0.3) is 0 Å². The first-order valence-electron chi connectivity index (χ1n) is 6.28. The fourth-order valence-corrected chi connectivity index (χ4v) is 2.13. The molecule has 0 heterocycles. The summed E-state index contributed by atoms with van der Waals surface area (Å²) >= 11 is 0. The van der Waals surface area contributed by atoms with E-state index in [2.05, 4.69) is 5.32 Å². The lowest BCUT2D eigenvalue weighted by Gasteiger charge is -2.21. The zero-order valence-corrected chi connectivity index (χ0v) is 10.3. The molecule has 0 saturated heterocycles. The first-order valence-corrected chi connectivity index (χ1v) is 6.28. The molecule has 0 aliphatic heterocycles. The number of nitrogens with one attached hydrogen (secondary N) is 1. The Bertz CT molecular complexity index is 281. The van der Waals surface area contributed by atoms with Crippen molar-refractivity contribution >= 4 is 11.9 Å². The number of carboxylic acids is 1. The molecule has 0 spiro atoms. The number of carbonyl (C=O) groups excluding carboxylic acids is 1. The van der Waals surface area contributed by atoms with Crippen LogP contribution in [0.4, 0.5) is 0 Å². The summed E-state index contributed by atoms with van der Waals surface area (Å²) in [7, 11) is 0. The van der Waals surface area contributed by atoms with Crippen LogP contribution in [0.25, 0.3) is 0 Å². The van der Waals surface area contributed by atoms with Gasteiger partial charge in [-0.05, 0) is 12.8 Å². The minimum atomic E-state index is -0.893. The summed E-state index contributed by atoms with van der Waals surface area (Å²) < 4.78 is 0. The van der Waals surface area contributed by atoms with Crippen LogP contribution in [0.5, 0.6) is 0 Å². The Hall–Kier alpha value is -1.10. The van der Waals surface area contributed by atoms with Crippen molar-refractivity contribution in [2.45, 2.75) is 45.1 Å². The quantitative estimate of drug-likeness (QED) is 0.634. The van der Waals surface area contributed by atoms with E-state index < -0.39 is 11.9 Å². The van der Waals surface area contributed by atoms with Gasteiger partial charge in [-0.2, -0.15) is 0 Å². The van der Waals surface area contributed by atoms with E-state index in [-0.39, 0.29) is 24.4 Å². The van der Waals surface area contributed by atoms with E-state index in [1.165, 1.54) is 0 Å². The van der Waals surface area contributed by atoms with Gasteiger partial charge in [0.2, 0.25) is 5.91 Å². The lowest BCUT2D eigenvalue weighted by atomic mass is 9.94. The summed E-state index contributed by atoms with van der Waals surface area (Å²) in [5, 5.41) is 11.4. The lowest BCUT2D eigenvalue weighted by molar-refractivity contribution is -0.141. The average Bonchev–Trinajstić information content (AvgIpc) is 2.50. The standard InChI is InChI=1S/C12H22N2O3/c1-8(12(16)17)7-14-11(15)9-5-3-2-4-6-10(9)13/h8-10H,2-7,13H2,1H3,(H,14,15)(H,16,17). The van der Waals surface area contributed by atoms with Gasteiger partial charge in [-0.15, -0.1) is 0 Å². The fraction of sp³-hybridized carbons (Fsp3) is 0.833. The number of hydrogen-bond acceptors (Lipinski definition) is 3. The van der Waals surface area contributed by atoms with Gasteiger partial charge in [0.1, 0.15) is 0 Å². The van der Waals surface area contributed by atoms with E-state index in [1.54, 1.807) is 6.92 Å². The van der Waals surface area contributed by atoms with Gasteiger partial charge < -0.3 is 16.2 Å². The van der Waals surface area contributed by atoms with E-state index in [9.17, 15) is 9.59 Å². The Morgan fingerprint density at radius 2 is 2.00 bits per heavy atom. The fourth-order valence-electron chi connectivity index (χ4n) is 2.13. The lowest BCUT2D eigenvalue weighted by Crippen LogP contribution is -2.43. The topological polar surface area (TPSA) is 92.4 Å². The first-order chi connectivity index (χ1) is 8.02. The highest BCUT2D eigenvalue weighted by atomic mass is 16.4. The Balaban J connectivity index is 2.42. The van der Waals surface area contributed by atoms with Gasteiger partial charge in [0, 0.05) is 12.6 Å². The third-order valence-electron chi connectivity index (χ3n) is 3.41. The van der Waals surface area contributed by atoms with Gasteiger partial charge in [0.15, 0.2) is 0 Å². The summed E-state index contributed by atoms with van der Waals surface area (Å²) in [6.45, 7) is 1.76. The molecule has 4 N–H and O–H groups in total. The first kappa shape index (κ1) is 14.0. The minimum absolute atomic E-state index is 0.0855. The molecular formula is C12H22N2O3. The molecule has 1 rings (SSSR count). The number of nitrogens with two attached hydrogens (primary N) is 1. The molecule has 3 atom stereocenters. The molecule has 1 aliphatic rings. The second-order valence-corrected chi connectivity index (χ2v) is 4.89. The monoisotopic (exact) mass is 242 g/mol. The molecule has 1 aliphatic carbocycles. The normalized spacial score (nSPS) is 26.9. The molecular weight excluding hydrogens is 220 g/mol. The predicted molar refractivity (Wildman–Crippen MR) is 64.4 cm³/mol. The zero-order chi connectivity index (χ0) is 12.8. The minimum Gasteiger partial charge on any atom is -0.481 e. The van der Waals surface area contributed by atoms with Crippen LogP contribution in [0.1, 0.15) is 39.0 Å². The second kappa shape index (κ2) is 6.59. The van der Waals surface area contributed by atoms with Crippen LogP contribution in [0, 0.1) is 11.8 Å². The Morgan fingerprint density at radius 1 is 1.35 bits per heavy atom. The van der Waals surface area contributed by atoms with Gasteiger partial charge >= 0.3 is 5.97 Å². The summed E-state index contributed by atoms with van der Waals surface area (Å²) in [5.74, 6) is -1.69. The molecule has 3 unspecified atom stereocenters. The number of rotatable bonds is 4. The molecule has 0 aromatic rings. The summed E-state index contributed by atoms with van der Waals surface area (Å²) in [5.41, 5.74) is 5.97. The van der Waals surface area contributed by atoms with Gasteiger partial charge in [-0.1, -0.05) is 26.2 Å². The van der Waals surface area contributed by atoms with Gasteiger partial charge in [-0.25, -0.2) is 0 Å². The molecule has 98 valence electrons. The summed E-state index contributed by atoms with van der Waals surface area (Å²) in [6.07, 6.45) is 4.93. The van der Waals surface area contributed by atoms with Crippen LogP contribution in [-0.2, 0) is 9.59 Å². The van der Waals surface area contributed by atoms with Crippen molar-refractivity contribution in [1.82, 2.24) is 5.32 Å². The number of hydrogen-bond donors (Lipinski definition) is 3. The predicted octanol–water partition coefficient (Wildman–Crippen LogP) is 0.731. The number of carboxylic acid groups (broad SMARTS) is 1. The van der Waals surface area contributed by atoms with Gasteiger partial charge in [0.05, 0.1) is 11.8 Å². The maximum Gasteiger partial charge on any atom is 0.308 e. The van der Waals surface area contributed by atoms with E-state index >= 15 is 0 Å². The molecule has 0 aromatic heterocycles. The number of carbonyl (C=O) groups is 2. The Kier molecular flexibility index (Phi) is 5.41. The van der Waals surface area contributed by atoms with Crippen molar-refractivity contribution < 1.29 is 14.7 Å². The molecule has 0 bridgehead atoms. The molecule has 1 amide bonds. The SMILES string of the molecule is CC(CNC(=O)C1CCCCCC1N)C(=O)O. The Labute approximate surface area is 102 Å². The highest BCUT2D eigenvalue weighted by Gasteiger charge is 2.27. The van der Waals surface area contributed by atoms with Crippen LogP contribution < -0.4 is 11.1 Å². The average molecular weight is 242 g/mol. The van der Waals surface area contributed by atoms with E-state index in [4.69, 9.17) is 10.8 Å². The molecule has 1 fully saturated rings. The van der Waals surface area contributed by atoms with Crippen LogP contribution in [0.2, 0.25) is 0 Å². The summed E-state index contributed by atoms with van der Waals surface area (Å²) in [6, 6.07) is -0.0855. The second-order valence-electron chi connectivity index (χ2n) is 4.89. The largest absolute Gasteiger partial charge is 0.481 e. The maximum absolute atomic E-state index is 11.9. The van der Waals surface area contributed by atoms with Gasteiger partial charge in [-0.3, -0.25) is 9.59 Å². The third kappa shape index (κ3) is 4.34. The van der Waals surface area contributed by atoms with Crippen LogP contribution >= 0.6 is 0 Å². The Morgan fingerprint density at radius 3 is 2.65 bits per heavy atom. The number of amides is 1. The van der Waals surface area contributed by atoms with Crippen molar-refractivity contribution in [2.24, 2.45) is 17.6 Å². The molecule has 0 radical (unpaired) electrons. The molecule has 1 saturated carbocycles. The molecule has 17 heavy (non-hydrogen) atoms.